The monoisotopic (exact) mass is 325 g/mol. The Bertz CT molecular complexity index is 590. The molecule has 1 N–H and O–H groups in total. The van der Waals surface area contributed by atoms with E-state index in [4.69, 9.17) is 14.2 Å². The Kier molecular flexibility index (Phi) is 6.96. The van der Waals surface area contributed by atoms with Gasteiger partial charge in [0.25, 0.3) is 0 Å². The van der Waals surface area contributed by atoms with Crippen molar-refractivity contribution in [1.82, 2.24) is 4.98 Å². The molecule has 23 heavy (non-hydrogen) atoms. The lowest BCUT2D eigenvalue weighted by atomic mass is 10.1. The zero-order valence-corrected chi connectivity index (χ0v) is 14.1. The standard InChI is InChI=1S/C16H23NO6/c1-6-21-8-12(18)23-11(5)15(19)14-9(3)13(10(4)17-14)16(20)22-7-2/h11,17H,6-8H2,1-5H3. The van der Waals surface area contributed by atoms with Crippen LogP contribution in [0.3, 0.4) is 0 Å². The van der Waals surface area contributed by atoms with Crippen LogP contribution in [0.5, 0.6) is 0 Å². The predicted octanol–water partition coefficient (Wildman–Crippen LogP) is 1.96. The van der Waals surface area contributed by atoms with E-state index in [-0.39, 0.29) is 18.9 Å². The summed E-state index contributed by atoms with van der Waals surface area (Å²) in [5, 5.41) is 0. The molecule has 0 saturated carbocycles. The van der Waals surface area contributed by atoms with Gasteiger partial charge in [-0.3, -0.25) is 4.79 Å². The van der Waals surface area contributed by atoms with Gasteiger partial charge in [-0.15, -0.1) is 0 Å². The van der Waals surface area contributed by atoms with Gasteiger partial charge in [-0.05, 0) is 40.2 Å². The van der Waals surface area contributed by atoms with Crippen molar-refractivity contribution in [3.63, 3.8) is 0 Å². The molecule has 1 heterocycles. The molecular formula is C16H23NO6. The normalized spacial score (nSPS) is 11.9. The quantitative estimate of drug-likeness (QED) is 0.580. The lowest BCUT2D eigenvalue weighted by molar-refractivity contribution is -0.151. The van der Waals surface area contributed by atoms with E-state index in [1.54, 1.807) is 27.7 Å². The van der Waals surface area contributed by atoms with Crippen molar-refractivity contribution in [2.24, 2.45) is 0 Å². The number of aromatic nitrogens is 1. The number of ketones is 1. The van der Waals surface area contributed by atoms with Crippen LogP contribution in [0.4, 0.5) is 0 Å². The van der Waals surface area contributed by atoms with E-state index in [1.807, 2.05) is 0 Å². The van der Waals surface area contributed by atoms with E-state index in [0.29, 0.717) is 23.4 Å². The van der Waals surface area contributed by atoms with E-state index in [9.17, 15) is 14.4 Å². The summed E-state index contributed by atoms with van der Waals surface area (Å²) in [5.74, 6) is -1.51. The van der Waals surface area contributed by atoms with Gasteiger partial charge < -0.3 is 19.2 Å². The largest absolute Gasteiger partial charge is 0.462 e. The molecule has 128 valence electrons. The minimum Gasteiger partial charge on any atom is -0.462 e. The Balaban J connectivity index is 2.90. The van der Waals surface area contributed by atoms with Crippen molar-refractivity contribution in [1.29, 1.82) is 0 Å². The Morgan fingerprint density at radius 1 is 1.13 bits per heavy atom. The lowest BCUT2D eigenvalue weighted by Gasteiger charge is -2.12. The Morgan fingerprint density at radius 3 is 2.35 bits per heavy atom. The maximum Gasteiger partial charge on any atom is 0.340 e. The third-order valence-corrected chi connectivity index (χ3v) is 3.26. The number of carbonyl (C=O) groups excluding carboxylic acids is 3. The zero-order valence-electron chi connectivity index (χ0n) is 14.1. The number of hydrogen-bond acceptors (Lipinski definition) is 6. The molecule has 0 spiro atoms. The van der Waals surface area contributed by atoms with Gasteiger partial charge in [0, 0.05) is 12.3 Å². The summed E-state index contributed by atoms with van der Waals surface area (Å²) >= 11 is 0. The number of aryl methyl sites for hydroxylation is 1. The predicted molar refractivity (Wildman–Crippen MR) is 82.6 cm³/mol. The van der Waals surface area contributed by atoms with Gasteiger partial charge in [0.05, 0.1) is 17.9 Å². The van der Waals surface area contributed by atoms with E-state index in [0.717, 1.165) is 0 Å². The van der Waals surface area contributed by atoms with Crippen molar-refractivity contribution in [3.8, 4) is 0 Å². The van der Waals surface area contributed by atoms with Crippen LogP contribution in [0.25, 0.3) is 0 Å². The molecule has 0 aromatic carbocycles. The maximum atomic E-state index is 12.4. The second-order valence-electron chi connectivity index (χ2n) is 4.98. The van der Waals surface area contributed by atoms with Gasteiger partial charge in [-0.2, -0.15) is 0 Å². The summed E-state index contributed by atoms with van der Waals surface area (Å²) < 4.78 is 14.9. The Labute approximate surface area is 135 Å². The van der Waals surface area contributed by atoms with Crippen LogP contribution in [0, 0.1) is 13.8 Å². The van der Waals surface area contributed by atoms with Gasteiger partial charge in [-0.25, -0.2) is 9.59 Å². The smallest absolute Gasteiger partial charge is 0.340 e. The molecule has 7 heteroatoms. The van der Waals surface area contributed by atoms with Crippen molar-refractivity contribution < 1.29 is 28.6 Å². The highest BCUT2D eigenvalue weighted by molar-refractivity contribution is 6.03. The molecule has 0 aliphatic rings. The van der Waals surface area contributed by atoms with Crippen molar-refractivity contribution >= 4 is 17.7 Å². The molecule has 0 fully saturated rings. The highest BCUT2D eigenvalue weighted by Gasteiger charge is 2.27. The lowest BCUT2D eigenvalue weighted by Crippen LogP contribution is -2.27. The fourth-order valence-electron chi connectivity index (χ4n) is 2.18. The molecule has 0 amide bonds. The van der Waals surface area contributed by atoms with Gasteiger partial charge in [0.1, 0.15) is 6.61 Å². The van der Waals surface area contributed by atoms with Gasteiger partial charge >= 0.3 is 11.9 Å². The summed E-state index contributed by atoms with van der Waals surface area (Å²) in [7, 11) is 0. The van der Waals surface area contributed by atoms with Crippen molar-refractivity contribution in [3.05, 3.63) is 22.5 Å². The van der Waals surface area contributed by atoms with Crippen LogP contribution in [0.1, 0.15) is 52.9 Å². The number of carbonyl (C=O) groups is 3. The maximum absolute atomic E-state index is 12.4. The van der Waals surface area contributed by atoms with Gasteiger partial charge in [0.15, 0.2) is 6.10 Å². The third kappa shape index (κ3) is 4.66. The van der Waals surface area contributed by atoms with E-state index in [2.05, 4.69) is 4.98 Å². The molecule has 0 aliphatic carbocycles. The number of esters is 2. The number of nitrogens with one attached hydrogen (secondary N) is 1. The molecule has 1 unspecified atom stereocenters. The molecule has 1 aromatic rings. The minimum absolute atomic E-state index is 0.203. The second kappa shape index (κ2) is 8.47. The van der Waals surface area contributed by atoms with Crippen LogP contribution in [0.2, 0.25) is 0 Å². The summed E-state index contributed by atoms with van der Waals surface area (Å²) in [5.41, 5.74) is 1.60. The summed E-state index contributed by atoms with van der Waals surface area (Å²) in [4.78, 5) is 38.7. The highest BCUT2D eigenvalue weighted by Crippen LogP contribution is 2.21. The molecular weight excluding hydrogens is 302 g/mol. The molecule has 1 atom stereocenters. The van der Waals surface area contributed by atoms with Crippen LogP contribution >= 0.6 is 0 Å². The van der Waals surface area contributed by atoms with Crippen LogP contribution in [-0.2, 0) is 19.0 Å². The van der Waals surface area contributed by atoms with Crippen LogP contribution < -0.4 is 0 Å². The van der Waals surface area contributed by atoms with E-state index < -0.39 is 23.8 Å². The fourth-order valence-corrected chi connectivity index (χ4v) is 2.18. The summed E-state index contributed by atoms with van der Waals surface area (Å²) in [6, 6.07) is 0. The fraction of sp³-hybridized carbons (Fsp3) is 0.562. The average molecular weight is 325 g/mol. The Hall–Kier alpha value is -2.15. The number of hydrogen-bond donors (Lipinski definition) is 1. The average Bonchev–Trinajstić information content (AvgIpc) is 2.79. The molecule has 7 nitrogen and oxygen atoms in total. The van der Waals surface area contributed by atoms with Crippen LogP contribution in [0.15, 0.2) is 0 Å². The number of ether oxygens (including phenoxy) is 3. The molecule has 1 rings (SSSR count). The first-order valence-corrected chi connectivity index (χ1v) is 7.51. The van der Waals surface area contributed by atoms with Crippen molar-refractivity contribution in [2.75, 3.05) is 19.8 Å². The first-order chi connectivity index (χ1) is 10.8. The molecule has 1 aromatic heterocycles. The topological polar surface area (TPSA) is 94.7 Å². The molecule has 0 aliphatic heterocycles. The number of rotatable bonds is 8. The van der Waals surface area contributed by atoms with Gasteiger partial charge in [0.2, 0.25) is 5.78 Å². The Morgan fingerprint density at radius 2 is 1.78 bits per heavy atom. The third-order valence-electron chi connectivity index (χ3n) is 3.26. The first kappa shape index (κ1) is 18.9. The molecule has 0 saturated heterocycles. The first-order valence-electron chi connectivity index (χ1n) is 7.51. The van der Waals surface area contributed by atoms with E-state index in [1.165, 1.54) is 6.92 Å². The van der Waals surface area contributed by atoms with Crippen molar-refractivity contribution in [2.45, 2.75) is 40.7 Å². The molecule has 0 bridgehead atoms. The minimum atomic E-state index is -0.977. The van der Waals surface area contributed by atoms with Crippen LogP contribution in [-0.4, -0.2) is 48.6 Å². The SMILES string of the molecule is CCOCC(=O)OC(C)C(=O)c1[nH]c(C)c(C(=O)OCC)c1C. The zero-order chi connectivity index (χ0) is 17.6. The number of aromatic amines is 1. The number of Topliss-reactive ketones (excluding diaryl/α,β-unsaturated/α-hetero) is 1. The number of H-pyrrole nitrogens is 1. The second-order valence-corrected chi connectivity index (χ2v) is 4.98. The van der Waals surface area contributed by atoms with E-state index >= 15 is 0 Å². The van der Waals surface area contributed by atoms with Gasteiger partial charge in [-0.1, -0.05) is 0 Å². The molecule has 0 radical (unpaired) electrons. The summed E-state index contributed by atoms with van der Waals surface area (Å²) in [6.07, 6.45) is -0.977. The highest BCUT2D eigenvalue weighted by atomic mass is 16.6. The summed E-state index contributed by atoms with van der Waals surface area (Å²) in [6.45, 7) is 8.70.